The van der Waals surface area contributed by atoms with Crippen LogP contribution in [0.1, 0.15) is 35.2 Å². The van der Waals surface area contributed by atoms with E-state index in [1.807, 2.05) is 6.07 Å². The van der Waals surface area contributed by atoms with Gasteiger partial charge in [-0.05, 0) is 36.6 Å². The molecule has 0 aliphatic carbocycles. The van der Waals surface area contributed by atoms with Crippen LogP contribution in [-0.4, -0.2) is 24.6 Å². The molecule has 0 radical (unpaired) electrons. The molecule has 4 nitrogen and oxygen atoms in total. The van der Waals surface area contributed by atoms with Crippen molar-refractivity contribution in [2.24, 2.45) is 0 Å². The molecule has 0 N–H and O–H groups in total. The quantitative estimate of drug-likeness (QED) is 0.720. The van der Waals surface area contributed by atoms with E-state index in [0.29, 0.717) is 36.2 Å². The highest BCUT2D eigenvalue weighted by Crippen LogP contribution is 2.33. The number of halogens is 3. The molecule has 0 unspecified atom stereocenters. The Hall–Kier alpha value is -2.83. The Morgan fingerprint density at radius 3 is 2.48 bits per heavy atom. The van der Waals surface area contributed by atoms with E-state index in [2.05, 4.69) is 4.74 Å². The highest BCUT2D eigenvalue weighted by Gasteiger charge is 2.32. The van der Waals surface area contributed by atoms with Crippen molar-refractivity contribution in [2.75, 3.05) is 11.4 Å². The van der Waals surface area contributed by atoms with Gasteiger partial charge in [0.1, 0.15) is 5.75 Å². The van der Waals surface area contributed by atoms with Gasteiger partial charge in [-0.1, -0.05) is 30.3 Å². The van der Waals surface area contributed by atoms with Crippen molar-refractivity contribution in [1.82, 2.24) is 0 Å². The molecule has 142 valence electrons. The minimum Gasteiger partial charge on any atom is -0.406 e. The van der Waals surface area contributed by atoms with Crippen molar-refractivity contribution in [3.8, 4) is 5.75 Å². The monoisotopic (exact) mass is 377 g/mol. The third kappa shape index (κ3) is 4.87. The van der Waals surface area contributed by atoms with Crippen LogP contribution in [0.3, 0.4) is 0 Å². The number of hydrogen-bond acceptors (Lipinski definition) is 3. The van der Waals surface area contributed by atoms with Gasteiger partial charge in [-0.15, -0.1) is 13.2 Å². The first kappa shape index (κ1) is 18.9. The van der Waals surface area contributed by atoms with Crippen LogP contribution in [0.15, 0.2) is 48.5 Å². The van der Waals surface area contributed by atoms with Crippen LogP contribution in [0.25, 0.3) is 0 Å². The number of aryl methyl sites for hydroxylation is 1. The zero-order valence-corrected chi connectivity index (χ0v) is 14.5. The molecule has 27 heavy (non-hydrogen) atoms. The summed E-state index contributed by atoms with van der Waals surface area (Å²) in [7, 11) is 0. The predicted molar refractivity (Wildman–Crippen MR) is 93.8 cm³/mol. The van der Waals surface area contributed by atoms with E-state index in [0.717, 1.165) is 0 Å². The smallest absolute Gasteiger partial charge is 0.406 e. The Morgan fingerprint density at radius 2 is 1.78 bits per heavy atom. The van der Waals surface area contributed by atoms with Gasteiger partial charge in [-0.25, -0.2) is 0 Å². The van der Waals surface area contributed by atoms with Gasteiger partial charge in [0.05, 0.1) is 0 Å². The van der Waals surface area contributed by atoms with E-state index in [1.165, 1.54) is 23.1 Å². The maximum absolute atomic E-state index is 12.6. The van der Waals surface area contributed by atoms with Crippen LogP contribution in [0.2, 0.25) is 0 Å². The van der Waals surface area contributed by atoms with Crippen molar-refractivity contribution in [3.63, 3.8) is 0 Å². The summed E-state index contributed by atoms with van der Waals surface area (Å²) < 4.78 is 41.1. The molecule has 0 bridgehead atoms. The summed E-state index contributed by atoms with van der Waals surface area (Å²) in [6.07, 6.45) is -3.41. The molecule has 1 aliphatic heterocycles. The van der Waals surface area contributed by atoms with Crippen LogP contribution in [0, 0.1) is 0 Å². The fourth-order valence-electron chi connectivity index (χ4n) is 3.15. The lowest BCUT2D eigenvalue weighted by Crippen LogP contribution is -2.35. The lowest BCUT2D eigenvalue weighted by molar-refractivity contribution is -0.274. The third-order valence-electron chi connectivity index (χ3n) is 4.37. The molecule has 2 aromatic carbocycles. The summed E-state index contributed by atoms with van der Waals surface area (Å²) in [5.74, 6) is -0.630. The molecular formula is C20H18F3NO3. The van der Waals surface area contributed by atoms with Gasteiger partial charge in [0.15, 0.2) is 5.78 Å². The van der Waals surface area contributed by atoms with E-state index in [1.54, 1.807) is 24.3 Å². The summed E-state index contributed by atoms with van der Waals surface area (Å²) in [4.78, 5) is 26.3. The first-order valence-corrected chi connectivity index (χ1v) is 8.61. The Balaban J connectivity index is 1.68. The van der Waals surface area contributed by atoms with Gasteiger partial charge >= 0.3 is 6.36 Å². The first-order chi connectivity index (χ1) is 12.8. The van der Waals surface area contributed by atoms with E-state index in [4.69, 9.17) is 0 Å². The number of carbonyl (C=O) groups is 2. The predicted octanol–water partition coefficient (Wildman–Crippen LogP) is 4.53. The zero-order valence-electron chi connectivity index (χ0n) is 14.5. The number of ether oxygens (including phenoxy) is 1. The van der Waals surface area contributed by atoms with Gasteiger partial charge in [0, 0.05) is 30.6 Å². The standard InChI is InChI=1S/C20H18F3NO3/c21-20(22,23)27-16-8-9-17-15(13-16)7-4-12-24(17)19(26)11-10-18(25)14-5-2-1-3-6-14/h1-3,5-6,8-9,13H,4,7,10-12H2. The highest BCUT2D eigenvalue weighted by molar-refractivity contribution is 6.01. The number of ketones is 1. The topological polar surface area (TPSA) is 46.6 Å². The summed E-state index contributed by atoms with van der Waals surface area (Å²) >= 11 is 0. The van der Waals surface area contributed by atoms with Crippen molar-refractivity contribution in [2.45, 2.75) is 32.0 Å². The van der Waals surface area contributed by atoms with E-state index < -0.39 is 6.36 Å². The molecule has 0 fully saturated rings. The molecular weight excluding hydrogens is 359 g/mol. The van der Waals surface area contributed by atoms with E-state index in [9.17, 15) is 22.8 Å². The lowest BCUT2D eigenvalue weighted by atomic mass is 10.00. The second kappa shape index (κ2) is 7.82. The number of anilines is 1. The number of nitrogens with zero attached hydrogens (tertiary/aromatic N) is 1. The SMILES string of the molecule is O=C(CCC(=O)N1CCCc2cc(OC(F)(F)F)ccc21)c1ccccc1. The number of alkyl halides is 3. The van der Waals surface area contributed by atoms with Gasteiger partial charge in [0.2, 0.25) is 5.91 Å². The van der Waals surface area contributed by atoms with Gasteiger partial charge in [-0.2, -0.15) is 0 Å². The zero-order chi connectivity index (χ0) is 19.4. The van der Waals surface area contributed by atoms with Crippen LogP contribution in [0.4, 0.5) is 18.9 Å². The van der Waals surface area contributed by atoms with Gasteiger partial charge in [0.25, 0.3) is 0 Å². The fraction of sp³-hybridized carbons (Fsp3) is 0.300. The fourth-order valence-corrected chi connectivity index (χ4v) is 3.15. The molecule has 1 aliphatic rings. The molecule has 0 spiro atoms. The highest BCUT2D eigenvalue weighted by atomic mass is 19.4. The summed E-state index contributed by atoms with van der Waals surface area (Å²) in [5, 5.41) is 0. The van der Waals surface area contributed by atoms with Crippen LogP contribution in [-0.2, 0) is 11.2 Å². The van der Waals surface area contributed by atoms with E-state index in [-0.39, 0.29) is 30.3 Å². The third-order valence-corrected chi connectivity index (χ3v) is 4.37. The van der Waals surface area contributed by atoms with Crippen molar-refractivity contribution >= 4 is 17.4 Å². The summed E-state index contributed by atoms with van der Waals surface area (Å²) in [6.45, 7) is 0.477. The van der Waals surface area contributed by atoms with Gasteiger partial charge < -0.3 is 9.64 Å². The van der Waals surface area contributed by atoms with Crippen molar-refractivity contribution in [1.29, 1.82) is 0 Å². The van der Waals surface area contributed by atoms with E-state index >= 15 is 0 Å². The first-order valence-electron chi connectivity index (χ1n) is 8.61. The molecule has 0 aromatic heterocycles. The average Bonchev–Trinajstić information content (AvgIpc) is 2.64. The normalized spacial score (nSPS) is 13.8. The molecule has 3 rings (SSSR count). The minimum atomic E-state index is -4.75. The van der Waals surface area contributed by atoms with Crippen LogP contribution >= 0.6 is 0 Å². The molecule has 1 amide bonds. The summed E-state index contributed by atoms with van der Waals surface area (Å²) in [5.41, 5.74) is 1.76. The molecule has 0 atom stereocenters. The number of hydrogen-bond donors (Lipinski definition) is 0. The number of benzene rings is 2. The number of amides is 1. The van der Waals surface area contributed by atoms with Crippen LogP contribution in [0.5, 0.6) is 5.75 Å². The minimum absolute atomic E-state index is 0.0496. The molecule has 0 saturated heterocycles. The number of rotatable bonds is 5. The van der Waals surface area contributed by atoms with Gasteiger partial charge in [-0.3, -0.25) is 9.59 Å². The number of carbonyl (C=O) groups excluding carboxylic acids is 2. The lowest BCUT2D eigenvalue weighted by Gasteiger charge is -2.30. The van der Waals surface area contributed by atoms with Crippen LogP contribution < -0.4 is 9.64 Å². The molecule has 2 aromatic rings. The molecule has 7 heteroatoms. The maximum atomic E-state index is 12.6. The second-order valence-corrected chi connectivity index (χ2v) is 6.28. The number of Topliss-reactive ketones (excluding diaryl/α,β-unsaturated/α-hetero) is 1. The number of fused-ring (bicyclic) bond motifs is 1. The Morgan fingerprint density at radius 1 is 1.04 bits per heavy atom. The Kier molecular flexibility index (Phi) is 5.48. The average molecular weight is 377 g/mol. The molecule has 1 heterocycles. The van der Waals surface area contributed by atoms with Crippen molar-refractivity contribution < 1.29 is 27.5 Å². The Bertz CT molecular complexity index is 834. The maximum Gasteiger partial charge on any atom is 0.573 e. The summed E-state index contributed by atoms with van der Waals surface area (Å²) in [6, 6.07) is 12.7. The second-order valence-electron chi connectivity index (χ2n) is 6.28. The van der Waals surface area contributed by atoms with Crippen molar-refractivity contribution in [3.05, 3.63) is 59.7 Å². The molecule has 0 saturated carbocycles. The largest absolute Gasteiger partial charge is 0.573 e. The Labute approximate surface area is 154 Å².